The lowest BCUT2D eigenvalue weighted by Crippen LogP contribution is -2.44. The zero-order valence-corrected chi connectivity index (χ0v) is 23.4. The molecule has 1 heterocycles. The summed E-state index contributed by atoms with van der Waals surface area (Å²) in [6.07, 6.45) is 1.66. The van der Waals surface area contributed by atoms with Gasteiger partial charge in [0.1, 0.15) is 5.75 Å². The van der Waals surface area contributed by atoms with E-state index in [-0.39, 0.29) is 33.4 Å². The van der Waals surface area contributed by atoms with Gasteiger partial charge in [0, 0.05) is 5.56 Å². The van der Waals surface area contributed by atoms with Gasteiger partial charge in [0.15, 0.2) is 0 Å². The van der Waals surface area contributed by atoms with E-state index in [1.807, 2.05) is 26.0 Å². The molecule has 0 atom stereocenters. The number of benzene rings is 4. The largest absolute Gasteiger partial charge is 0.496 e. The number of ether oxygens (including phenoxy) is 1. The Morgan fingerprint density at radius 3 is 1.77 bits per heavy atom. The highest BCUT2D eigenvalue weighted by molar-refractivity contribution is 7.93. The van der Waals surface area contributed by atoms with E-state index in [2.05, 4.69) is 0 Å². The van der Waals surface area contributed by atoms with Crippen LogP contribution in [0.4, 0.5) is 11.4 Å². The number of rotatable bonds is 6. The van der Waals surface area contributed by atoms with Crippen LogP contribution in [-0.4, -0.2) is 30.5 Å². The van der Waals surface area contributed by atoms with Crippen molar-refractivity contribution in [3.05, 3.63) is 119 Å². The van der Waals surface area contributed by atoms with Crippen molar-refractivity contribution >= 4 is 37.5 Å². The third-order valence-electron chi connectivity index (χ3n) is 6.56. The number of nitrogens with zero attached hydrogens (tertiary/aromatic N) is 2. The third-order valence-corrected chi connectivity index (χ3v) is 10.1. The molecule has 0 amide bonds. The number of para-hydroxylation sites is 3. The summed E-state index contributed by atoms with van der Waals surface area (Å²) in [5.74, 6) is 0.532. The second-order valence-corrected chi connectivity index (χ2v) is 12.9. The Bertz CT molecular complexity index is 1760. The van der Waals surface area contributed by atoms with Crippen molar-refractivity contribution in [2.75, 3.05) is 22.3 Å². The predicted molar refractivity (Wildman–Crippen MR) is 154 cm³/mol. The van der Waals surface area contributed by atoms with Crippen LogP contribution >= 0.6 is 0 Å². The van der Waals surface area contributed by atoms with Crippen LogP contribution in [0.3, 0.4) is 0 Å². The molecule has 0 spiro atoms. The minimum absolute atomic E-state index is 0.101. The highest BCUT2D eigenvalue weighted by Gasteiger charge is 2.40. The van der Waals surface area contributed by atoms with Gasteiger partial charge < -0.3 is 4.74 Å². The van der Waals surface area contributed by atoms with Crippen LogP contribution in [0.2, 0.25) is 0 Å². The molecule has 0 bridgehead atoms. The average Bonchev–Trinajstić information content (AvgIpc) is 2.93. The molecule has 0 fully saturated rings. The summed E-state index contributed by atoms with van der Waals surface area (Å²) in [5, 5.41) is 0. The number of anilines is 2. The summed E-state index contributed by atoms with van der Waals surface area (Å²) in [7, 11) is -6.62. The molecular formula is C30H28N2O5S2. The van der Waals surface area contributed by atoms with Crippen LogP contribution in [0, 0.1) is 13.8 Å². The number of fused-ring (bicyclic) bond motifs is 1. The van der Waals surface area contributed by atoms with Crippen LogP contribution in [0.25, 0.3) is 6.08 Å². The van der Waals surface area contributed by atoms with Crippen molar-refractivity contribution in [1.29, 1.82) is 0 Å². The molecule has 4 aromatic rings. The van der Waals surface area contributed by atoms with E-state index < -0.39 is 20.0 Å². The molecule has 0 saturated heterocycles. The van der Waals surface area contributed by atoms with Gasteiger partial charge in [0.05, 0.1) is 40.5 Å². The molecule has 0 aliphatic carbocycles. The Balaban J connectivity index is 1.76. The van der Waals surface area contributed by atoms with Crippen molar-refractivity contribution in [3.8, 4) is 5.75 Å². The monoisotopic (exact) mass is 560 g/mol. The molecule has 1 aliphatic heterocycles. The number of hydrogen-bond acceptors (Lipinski definition) is 5. The van der Waals surface area contributed by atoms with Crippen LogP contribution in [0.1, 0.15) is 16.7 Å². The van der Waals surface area contributed by atoms with Crippen molar-refractivity contribution in [2.24, 2.45) is 0 Å². The Kier molecular flexibility index (Phi) is 6.96. The van der Waals surface area contributed by atoms with Crippen LogP contribution in [-0.2, 0) is 20.0 Å². The molecule has 0 saturated carbocycles. The van der Waals surface area contributed by atoms with Crippen molar-refractivity contribution in [2.45, 2.75) is 23.6 Å². The highest BCUT2D eigenvalue weighted by atomic mass is 32.2. The molecule has 5 rings (SSSR count). The standard InChI is InChI=1S/C30H28N2O5S2/c1-22-12-16-26(17-13-22)38(33,34)31-21-25(20-24-8-4-7-11-30(24)37-3)32(29-10-6-5-9-28(29)31)39(35,36)27-18-14-23(2)15-19-27/h4-20H,21H2,1-3H3. The van der Waals surface area contributed by atoms with E-state index in [9.17, 15) is 16.8 Å². The molecule has 1 aliphatic rings. The lowest BCUT2D eigenvalue weighted by Gasteiger charge is -2.39. The number of sulfonamides is 2. The minimum Gasteiger partial charge on any atom is -0.496 e. The molecule has 0 N–H and O–H groups in total. The summed E-state index contributed by atoms with van der Waals surface area (Å²) < 4.78 is 64.2. The highest BCUT2D eigenvalue weighted by Crippen LogP contribution is 2.43. The smallest absolute Gasteiger partial charge is 0.268 e. The topological polar surface area (TPSA) is 84.0 Å². The van der Waals surface area contributed by atoms with Crippen molar-refractivity contribution in [3.63, 3.8) is 0 Å². The van der Waals surface area contributed by atoms with E-state index in [4.69, 9.17) is 4.74 Å². The summed E-state index contributed by atoms with van der Waals surface area (Å²) in [4.78, 5) is 0.220. The number of aryl methyl sites for hydroxylation is 2. The lowest BCUT2D eigenvalue weighted by molar-refractivity contribution is 0.414. The SMILES string of the molecule is COc1ccccc1C=C1CN(S(=O)(=O)c2ccc(C)cc2)c2ccccc2N1S(=O)(=O)c1ccc(C)cc1. The maximum Gasteiger partial charge on any atom is 0.268 e. The second-order valence-electron chi connectivity index (χ2n) is 9.27. The Hall–Kier alpha value is -4.08. The third kappa shape index (κ3) is 4.91. The molecule has 200 valence electrons. The van der Waals surface area contributed by atoms with E-state index in [0.717, 1.165) is 11.1 Å². The van der Waals surface area contributed by atoms with Crippen molar-refractivity contribution in [1.82, 2.24) is 0 Å². The van der Waals surface area contributed by atoms with Gasteiger partial charge in [-0.3, -0.25) is 4.31 Å². The van der Waals surface area contributed by atoms with Gasteiger partial charge in [-0.25, -0.2) is 21.1 Å². The number of methoxy groups -OCH3 is 1. The normalized spacial score (nSPS) is 14.8. The fourth-order valence-corrected chi connectivity index (χ4v) is 7.49. The van der Waals surface area contributed by atoms with Gasteiger partial charge in [-0.1, -0.05) is 65.7 Å². The Morgan fingerprint density at radius 2 is 1.18 bits per heavy atom. The predicted octanol–water partition coefficient (Wildman–Crippen LogP) is 5.76. The summed E-state index contributed by atoms with van der Waals surface area (Å²) in [6, 6.07) is 27.0. The minimum atomic E-state index is -4.12. The number of hydrogen-bond donors (Lipinski definition) is 0. The molecule has 0 unspecified atom stereocenters. The maximum absolute atomic E-state index is 14.2. The quantitative estimate of drug-likeness (QED) is 0.300. The van der Waals surface area contributed by atoms with E-state index in [1.165, 1.54) is 15.7 Å². The summed E-state index contributed by atoms with van der Waals surface area (Å²) in [5.41, 5.74) is 3.24. The van der Waals surface area contributed by atoms with Crippen LogP contribution in [0.15, 0.2) is 113 Å². The Morgan fingerprint density at radius 1 is 0.667 bits per heavy atom. The van der Waals surface area contributed by atoms with Crippen molar-refractivity contribution < 1.29 is 21.6 Å². The first-order valence-corrected chi connectivity index (χ1v) is 15.1. The second kappa shape index (κ2) is 10.2. The zero-order chi connectivity index (χ0) is 27.8. The Labute approximate surface area is 229 Å². The molecule has 4 aromatic carbocycles. The van der Waals surface area contributed by atoms with Crippen LogP contribution in [0.5, 0.6) is 5.75 Å². The maximum atomic E-state index is 14.2. The average molecular weight is 561 g/mol. The molecule has 9 heteroatoms. The van der Waals surface area contributed by atoms with E-state index in [0.29, 0.717) is 11.3 Å². The van der Waals surface area contributed by atoms with E-state index >= 15 is 0 Å². The van der Waals surface area contributed by atoms with Gasteiger partial charge >= 0.3 is 0 Å². The fraction of sp³-hybridized carbons (Fsp3) is 0.133. The van der Waals surface area contributed by atoms with Gasteiger partial charge in [0.25, 0.3) is 20.0 Å². The fourth-order valence-electron chi connectivity index (χ4n) is 4.52. The van der Waals surface area contributed by atoms with Gasteiger partial charge in [0.2, 0.25) is 0 Å². The first-order chi connectivity index (χ1) is 18.6. The van der Waals surface area contributed by atoms with Gasteiger partial charge in [-0.05, 0) is 62.4 Å². The zero-order valence-electron chi connectivity index (χ0n) is 21.8. The first-order valence-electron chi connectivity index (χ1n) is 12.3. The molecule has 7 nitrogen and oxygen atoms in total. The molecule has 0 radical (unpaired) electrons. The molecule has 0 aromatic heterocycles. The van der Waals surface area contributed by atoms with Gasteiger partial charge in [-0.2, -0.15) is 0 Å². The summed E-state index contributed by atoms with van der Waals surface area (Å²) >= 11 is 0. The molecular weight excluding hydrogens is 532 g/mol. The van der Waals surface area contributed by atoms with Gasteiger partial charge in [-0.15, -0.1) is 0 Å². The molecule has 39 heavy (non-hydrogen) atoms. The lowest BCUT2D eigenvalue weighted by atomic mass is 10.1. The van der Waals surface area contributed by atoms with Crippen LogP contribution < -0.4 is 13.3 Å². The summed E-state index contributed by atoms with van der Waals surface area (Å²) in [6.45, 7) is 3.55. The first kappa shape index (κ1) is 26.5. The van der Waals surface area contributed by atoms with E-state index in [1.54, 1.807) is 91.0 Å².